The van der Waals surface area contributed by atoms with E-state index >= 15 is 0 Å². The van der Waals surface area contributed by atoms with Gasteiger partial charge in [-0.3, -0.25) is 0 Å². The van der Waals surface area contributed by atoms with E-state index in [2.05, 4.69) is 0 Å². The highest BCUT2D eigenvalue weighted by Gasteiger charge is 2.54. The second-order valence-electron chi connectivity index (χ2n) is 42.6. The van der Waals surface area contributed by atoms with Gasteiger partial charge in [0.2, 0.25) is 0 Å². The lowest BCUT2D eigenvalue weighted by Crippen LogP contribution is -2.49. The van der Waals surface area contributed by atoms with Gasteiger partial charge in [-0.25, -0.2) is 0 Å². The molecule has 0 aromatic rings. The number of hydrogen-bond donors (Lipinski definition) is 0. The molecule has 0 heteroatoms. The fourth-order valence-corrected chi connectivity index (χ4v) is 33.3. The van der Waals surface area contributed by atoms with Crippen molar-refractivity contribution in [2.45, 2.75) is 449 Å². The van der Waals surface area contributed by atoms with Gasteiger partial charge in [-0.2, -0.15) is 0 Å². The average molecular weight is 1330 g/mol. The van der Waals surface area contributed by atoms with Gasteiger partial charge in [0, 0.05) is 0 Å². The van der Waals surface area contributed by atoms with Gasteiger partial charge >= 0.3 is 0 Å². The summed E-state index contributed by atoms with van der Waals surface area (Å²) in [6.45, 7) is 0. The normalized spacial score (nSPS) is 47.0. The van der Waals surface area contributed by atoms with E-state index in [1.807, 2.05) is 0 Å². The van der Waals surface area contributed by atoms with E-state index in [0.29, 0.717) is 0 Å². The lowest BCUT2D eigenvalue weighted by Gasteiger charge is -2.57. The van der Waals surface area contributed by atoms with Crippen LogP contribution < -0.4 is 0 Å². The monoisotopic (exact) mass is 1330 g/mol. The number of hydrogen-bond acceptors (Lipinski definition) is 0. The van der Waals surface area contributed by atoms with Crippen LogP contribution in [-0.2, 0) is 0 Å². The summed E-state index contributed by atoms with van der Waals surface area (Å²) in [7, 11) is 0. The molecule has 0 aromatic heterocycles. The quantitative estimate of drug-likeness (QED) is 0.227. The van der Waals surface area contributed by atoms with E-state index in [-0.39, 0.29) is 0 Å². The summed E-state index contributed by atoms with van der Waals surface area (Å²) < 4.78 is 0. The summed E-state index contributed by atoms with van der Waals surface area (Å²) in [5.74, 6) is 28.1. The summed E-state index contributed by atoms with van der Waals surface area (Å²) in [5, 5.41) is 0. The lowest BCUT2D eigenvalue weighted by molar-refractivity contribution is -0.0786. The van der Waals surface area contributed by atoms with Crippen LogP contribution in [0.3, 0.4) is 0 Å². The van der Waals surface area contributed by atoms with E-state index < -0.39 is 0 Å². The third-order valence-corrected chi connectivity index (χ3v) is 38.3. The first-order chi connectivity index (χ1) is 48.0. The standard InChI is InChI=1S/C22H36.C18H30.C17H28.C11H18.C11H20.C10H18.C8H14/c1-3-7-17-15(5-1)9-11-21-19(17)13-14-20-18-8-4-2-6-16(18)10-12-22(20)21;1-3-7-15-13(5-1)9-11-18-16-8-4-2-6-14(16)10-12-17(15)18;1-2-6-14-12(4-1)8-10-17-15-7-3-5-13(15)9-11-16(14)17;1-3-8-4-2-6-10(8)11-7-9(11)5-1;1-3-7-11(8-4-1)9-5-2-6-10-11;1-2-6-10(7-3-1)8-4-5-9-10;1-2-4-8(5-3-1)6-7-8/h15-22H,1-14H2;13-18H,1-12H2;12-17H,1-11H2;8-11H,1-7H2;1-10H2;1-9H2;1-7H2. The van der Waals surface area contributed by atoms with Crippen LogP contribution in [0.4, 0.5) is 0 Å². The summed E-state index contributed by atoms with van der Waals surface area (Å²) >= 11 is 0. The smallest absolute Gasteiger partial charge is 0.0297 e. The van der Waals surface area contributed by atoms with E-state index in [9.17, 15) is 0 Å². The molecule has 0 saturated heterocycles. The highest BCUT2D eigenvalue weighted by molar-refractivity contribution is 5.04. The zero-order valence-corrected chi connectivity index (χ0v) is 64.9. The Labute approximate surface area is 604 Å². The van der Waals surface area contributed by atoms with Crippen molar-refractivity contribution in [2.75, 3.05) is 0 Å². The van der Waals surface area contributed by atoms with Crippen molar-refractivity contribution in [1.29, 1.82) is 0 Å². The molecular formula is C97H164. The molecule has 24 unspecified atom stereocenters. The van der Waals surface area contributed by atoms with Gasteiger partial charge in [0.15, 0.2) is 0 Å². The highest BCUT2D eigenvalue weighted by atomic mass is 14.6. The lowest BCUT2D eigenvalue weighted by atomic mass is 9.48. The largest absolute Gasteiger partial charge is 0.0533 e. The van der Waals surface area contributed by atoms with Gasteiger partial charge in [0.05, 0.1) is 0 Å². The predicted octanol–water partition coefficient (Wildman–Crippen LogP) is 30.3. The Hall–Kier alpha value is 0. The van der Waals surface area contributed by atoms with Crippen molar-refractivity contribution in [3.63, 3.8) is 0 Å². The van der Waals surface area contributed by atoms with Gasteiger partial charge in [0.1, 0.15) is 0 Å². The van der Waals surface area contributed by atoms with Crippen LogP contribution in [-0.4, -0.2) is 0 Å². The zero-order valence-electron chi connectivity index (χ0n) is 64.9. The maximum atomic E-state index is 1.64. The minimum absolute atomic E-state index is 0.858. The van der Waals surface area contributed by atoms with Gasteiger partial charge in [-0.15, -0.1) is 0 Å². The Kier molecular flexibility index (Phi) is 24.9. The number of fused-ring (bicyclic) bond motifs is 20. The molecule has 0 heterocycles. The molecule has 0 N–H and O–H groups in total. The first kappa shape index (κ1) is 71.3. The first-order valence-electron chi connectivity index (χ1n) is 48.0. The zero-order chi connectivity index (χ0) is 64.9. The molecule has 22 aliphatic carbocycles. The van der Waals surface area contributed by atoms with Crippen LogP contribution in [0.15, 0.2) is 0 Å². The molecule has 24 atom stereocenters. The second-order valence-corrected chi connectivity index (χ2v) is 42.6. The van der Waals surface area contributed by atoms with Crippen molar-refractivity contribution in [3.05, 3.63) is 0 Å². The summed E-state index contributed by atoms with van der Waals surface area (Å²) in [6, 6.07) is 0. The Bertz CT molecular complexity index is 2210. The first-order valence-corrected chi connectivity index (χ1v) is 48.0. The maximum Gasteiger partial charge on any atom is -0.0297 e. The van der Waals surface area contributed by atoms with Gasteiger partial charge in [-0.05, 0) is 377 Å². The van der Waals surface area contributed by atoms with E-state index in [4.69, 9.17) is 0 Å². The summed E-state index contributed by atoms with van der Waals surface area (Å²) in [4.78, 5) is 0. The molecule has 0 aromatic carbocycles. The van der Waals surface area contributed by atoms with Crippen molar-refractivity contribution in [2.24, 2.45) is 158 Å². The topological polar surface area (TPSA) is 0 Å². The van der Waals surface area contributed by atoms with Crippen molar-refractivity contribution >= 4 is 0 Å². The van der Waals surface area contributed by atoms with Crippen LogP contribution in [0.2, 0.25) is 0 Å². The molecule has 0 amide bonds. The molecule has 552 valence electrons. The minimum atomic E-state index is 0.858. The van der Waals surface area contributed by atoms with Gasteiger partial charge in [0.25, 0.3) is 0 Å². The summed E-state index contributed by atoms with van der Waals surface area (Å²) in [5.41, 5.74) is 2.66. The van der Waals surface area contributed by atoms with Crippen molar-refractivity contribution < 1.29 is 0 Å². The van der Waals surface area contributed by atoms with Crippen molar-refractivity contribution in [1.82, 2.24) is 0 Å². The van der Waals surface area contributed by atoms with Crippen LogP contribution >= 0.6 is 0 Å². The third kappa shape index (κ3) is 16.9. The Morgan fingerprint density at radius 1 is 0.103 bits per heavy atom. The predicted molar refractivity (Wildman–Crippen MR) is 414 cm³/mol. The van der Waals surface area contributed by atoms with Crippen LogP contribution in [0.25, 0.3) is 0 Å². The SMILES string of the molecule is C1CC2CCCC2C2CC2C1.C1CCC2(CC1)CC2.C1CCC2(CC1)CCCC2.C1CCC2(CC1)CCCCC2.C1CCC2C(C1)CCC1C2CCC2C3CCCCC3CCC21.C1CCC2C(C1)CCC1C3CCCC3CCC21.C1CCC2C(C1)CCC1C3CCCCC3CCC21. The molecule has 22 rings (SSSR count). The van der Waals surface area contributed by atoms with E-state index in [0.717, 1.165) is 63.6 Å². The maximum absolute atomic E-state index is 1.64. The van der Waals surface area contributed by atoms with E-state index in [1.54, 1.807) is 360 Å². The van der Waals surface area contributed by atoms with Crippen molar-refractivity contribution in [3.8, 4) is 0 Å². The minimum Gasteiger partial charge on any atom is -0.0533 e. The molecule has 3 spiro atoms. The number of rotatable bonds is 0. The highest BCUT2D eigenvalue weighted by Crippen LogP contribution is 2.64. The molecule has 0 aliphatic heterocycles. The second kappa shape index (κ2) is 33.8. The van der Waals surface area contributed by atoms with Crippen LogP contribution in [0.5, 0.6) is 0 Å². The Morgan fingerprint density at radius 2 is 0.278 bits per heavy atom. The van der Waals surface area contributed by atoms with E-state index in [1.165, 1.54) is 185 Å². The van der Waals surface area contributed by atoms with Gasteiger partial charge in [-0.1, -0.05) is 231 Å². The van der Waals surface area contributed by atoms with Gasteiger partial charge < -0.3 is 0 Å². The average Bonchev–Trinajstić information content (AvgIpc) is 1.71. The van der Waals surface area contributed by atoms with Crippen LogP contribution in [0, 0.1) is 158 Å². The molecule has 22 saturated carbocycles. The fraction of sp³-hybridized carbons (Fsp3) is 1.00. The third-order valence-electron chi connectivity index (χ3n) is 38.3. The molecule has 0 nitrogen and oxygen atoms in total. The Balaban J connectivity index is 0.0000000910. The summed E-state index contributed by atoms with van der Waals surface area (Å²) in [6.07, 6.45) is 110. The molecule has 97 heavy (non-hydrogen) atoms. The molecule has 0 bridgehead atoms. The molecule has 0 radical (unpaired) electrons. The Morgan fingerprint density at radius 3 is 0.557 bits per heavy atom. The molecule has 22 fully saturated rings. The fourth-order valence-electron chi connectivity index (χ4n) is 33.3. The molecular weight excluding hydrogens is 1170 g/mol. The van der Waals surface area contributed by atoms with Crippen LogP contribution in [0.1, 0.15) is 449 Å². The molecule has 22 aliphatic rings.